The molecule has 2 bridgehead atoms. The highest BCUT2D eigenvalue weighted by Gasteiger charge is 2.40. The van der Waals surface area contributed by atoms with Crippen molar-refractivity contribution >= 4 is 29.2 Å². The lowest BCUT2D eigenvalue weighted by Crippen LogP contribution is -2.33. The van der Waals surface area contributed by atoms with Crippen LogP contribution >= 0.6 is 23.2 Å². The number of halogens is 2. The molecule has 2 N–H and O–H groups in total. The summed E-state index contributed by atoms with van der Waals surface area (Å²) in [5, 5.41) is 13.8. The zero-order valence-corrected chi connectivity index (χ0v) is 23.2. The number of hydrogen-bond donors (Lipinski definition) is 2. The lowest BCUT2D eigenvalue weighted by atomic mass is 9.91. The number of ether oxygens (including phenoxy) is 1. The fraction of sp³-hybridized carbons (Fsp3) is 0.433. The van der Waals surface area contributed by atoms with E-state index >= 15 is 0 Å². The van der Waals surface area contributed by atoms with E-state index in [1.807, 2.05) is 30.3 Å². The summed E-state index contributed by atoms with van der Waals surface area (Å²) in [7, 11) is 0. The Morgan fingerprint density at radius 1 is 1.08 bits per heavy atom. The largest absolute Gasteiger partial charge is 0.481 e. The van der Waals surface area contributed by atoms with E-state index in [2.05, 4.69) is 16.3 Å². The molecular formula is C30H32Cl2N4O3. The number of carboxylic acids is 1. The molecular weight excluding hydrogens is 535 g/mol. The highest BCUT2D eigenvalue weighted by Crippen LogP contribution is 2.42. The van der Waals surface area contributed by atoms with Crippen LogP contribution in [0.3, 0.4) is 0 Å². The van der Waals surface area contributed by atoms with Crippen molar-refractivity contribution in [2.45, 2.75) is 50.6 Å². The van der Waals surface area contributed by atoms with E-state index in [1.54, 1.807) is 12.3 Å². The molecule has 0 amide bonds. The first kappa shape index (κ1) is 26.5. The van der Waals surface area contributed by atoms with Gasteiger partial charge >= 0.3 is 5.97 Å². The predicted molar refractivity (Wildman–Crippen MR) is 152 cm³/mol. The maximum atomic E-state index is 11.1. The van der Waals surface area contributed by atoms with E-state index in [0.29, 0.717) is 39.6 Å². The molecule has 1 saturated carbocycles. The standard InChI is InChI=1S/C30H32Cl2N4O3/c31-22-10-20(11-23(32)13-22)28-7-19(17-36-5-3-18(4-6-36)9-30(37)38)8-29(35-28)39-25-1-2-27(34-16-25)26-14-24-12-21(26)15-33-24/h1-2,7-8,10-11,13,16,18,21,24,26,33H,3-6,9,12,14-15,17H2,(H,37,38)/t21-,24-,26?/m0/s1. The first-order valence-corrected chi connectivity index (χ1v) is 14.4. The van der Waals surface area contributed by atoms with E-state index < -0.39 is 5.97 Å². The summed E-state index contributed by atoms with van der Waals surface area (Å²) in [6.45, 7) is 3.52. The summed E-state index contributed by atoms with van der Waals surface area (Å²) in [5.41, 5.74) is 3.74. The third-order valence-electron chi connectivity index (χ3n) is 8.32. The number of hydrogen-bond acceptors (Lipinski definition) is 6. The molecule has 0 spiro atoms. The van der Waals surface area contributed by atoms with Gasteiger partial charge in [-0.1, -0.05) is 23.2 Å². The van der Waals surface area contributed by atoms with Gasteiger partial charge in [0, 0.05) is 52.3 Å². The molecule has 9 heteroatoms. The Morgan fingerprint density at radius 2 is 1.87 bits per heavy atom. The average molecular weight is 568 g/mol. The Morgan fingerprint density at radius 3 is 2.51 bits per heavy atom. The maximum absolute atomic E-state index is 11.1. The van der Waals surface area contributed by atoms with Crippen LogP contribution in [0.4, 0.5) is 0 Å². The summed E-state index contributed by atoms with van der Waals surface area (Å²) < 4.78 is 6.24. The number of fused-ring (bicyclic) bond motifs is 2. The summed E-state index contributed by atoms with van der Waals surface area (Å²) in [4.78, 5) is 23.0. The van der Waals surface area contributed by atoms with Crippen LogP contribution in [0.5, 0.6) is 11.6 Å². The van der Waals surface area contributed by atoms with Crippen molar-refractivity contribution in [2.24, 2.45) is 11.8 Å². The smallest absolute Gasteiger partial charge is 0.303 e. The molecule has 6 rings (SSSR count). The Balaban J connectivity index is 1.21. The second-order valence-electron chi connectivity index (χ2n) is 11.1. The molecule has 3 atom stereocenters. The zero-order valence-electron chi connectivity index (χ0n) is 21.7. The third kappa shape index (κ3) is 6.38. The number of piperidine rings is 2. The number of nitrogens with zero attached hydrogens (tertiary/aromatic N) is 3. The van der Waals surface area contributed by atoms with E-state index in [-0.39, 0.29) is 12.3 Å². The molecule has 2 aliphatic heterocycles. The quantitative estimate of drug-likeness (QED) is 0.326. The van der Waals surface area contributed by atoms with Crippen LogP contribution in [-0.4, -0.2) is 51.6 Å². The van der Waals surface area contributed by atoms with Gasteiger partial charge in [-0.05, 0) is 99.1 Å². The molecule has 4 heterocycles. The van der Waals surface area contributed by atoms with Gasteiger partial charge in [-0.3, -0.25) is 14.7 Å². The molecule has 2 saturated heterocycles. The van der Waals surface area contributed by atoms with E-state index in [0.717, 1.165) is 68.0 Å². The van der Waals surface area contributed by atoms with Gasteiger partial charge in [0.15, 0.2) is 0 Å². The monoisotopic (exact) mass is 566 g/mol. The Bertz CT molecular complexity index is 1320. The minimum atomic E-state index is -0.718. The Kier molecular flexibility index (Phi) is 7.76. The lowest BCUT2D eigenvalue weighted by molar-refractivity contribution is -0.138. The first-order chi connectivity index (χ1) is 18.9. The molecule has 3 aromatic rings. The molecule has 3 fully saturated rings. The van der Waals surface area contributed by atoms with E-state index in [1.165, 1.54) is 6.42 Å². The topological polar surface area (TPSA) is 87.6 Å². The van der Waals surface area contributed by atoms with Crippen LogP contribution in [0.15, 0.2) is 48.7 Å². The molecule has 39 heavy (non-hydrogen) atoms. The van der Waals surface area contributed by atoms with Crippen LogP contribution in [-0.2, 0) is 11.3 Å². The molecule has 7 nitrogen and oxygen atoms in total. The fourth-order valence-corrected chi connectivity index (χ4v) is 6.92. The lowest BCUT2D eigenvalue weighted by Gasteiger charge is -2.31. The van der Waals surface area contributed by atoms with Crippen LogP contribution in [0, 0.1) is 11.8 Å². The van der Waals surface area contributed by atoms with Crippen LogP contribution in [0.25, 0.3) is 11.3 Å². The van der Waals surface area contributed by atoms with Gasteiger partial charge in [-0.25, -0.2) is 4.98 Å². The van der Waals surface area contributed by atoms with Crippen molar-refractivity contribution in [1.82, 2.24) is 20.2 Å². The highest BCUT2D eigenvalue weighted by atomic mass is 35.5. The van der Waals surface area contributed by atoms with Gasteiger partial charge in [-0.2, -0.15) is 0 Å². The summed E-state index contributed by atoms with van der Waals surface area (Å²) in [6.07, 6.45) is 6.20. The number of aromatic nitrogens is 2. The predicted octanol–water partition coefficient (Wildman–Crippen LogP) is 6.39. The summed E-state index contributed by atoms with van der Waals surface area (Å²) >= 11 is 12.6. The Hall–Kier alpha value is -2.71. The number of rotatable bonds is 8. The minimum Gasteiger partial charge on any atom is -0.481 e. The van der Waals surface area contributed by atoms with Gasteiger partial charge in [0.1, 0.15) is 5.75 Å². The van der Waals surface area contributed by atoms with Crippen molar-refractivity contribution in [3.05, 3.63) is 70.0 Å². The summed E-state index contributed by atoms with van der Waals surface area (Å²) in [5.74, 6) is 1.85. The third-order valence-corrected chi connectivity index (χ3v) is 8.76. The van der Waals surface area contributed by atoms with Gasteiger partial charge < -0.3 is 15.2 Å². The van der Waals surface area contributed by atoms with Crippen molar-refractivity contribution in [3.8, 4) is 22.9 Å². The number of carboxylic acid groups (broad SMARTS) is 1. The number of nitrogens with one attached hydrogen (secondary N) is 1. The normalized spacial score (nSPS) is 23.3. The fourth-order valence-electron chi connectivity index (χ4n) is 6.40. The van der Waals surface area contributed by atoms with Gasteiger partial charge in [0.05, 0.1) is 11.9 Å². The van der Waals surface area contributed by atoms with Crippen LogP contribution in [0.2, 0.25) is 10.0 Å². The van der Waals surface area contributed by atoms with E-state index in [9.17, 15) is 4.79 Å². The molecule has 3 aliphatic rings. The van der Waals surface area contributed by atoms with Gasteiger partial charge in [0.2, 0.25) is 5.88 Å². The number of carbonyl (C=O) groups is 1. The summed E-state index contributed by atoms with van der Waals surface area (Å²) in [6, 6.07) is 14.1. The molecule has 0 radical (unpaired) electrons. The second-order valence-corrected chi connectivity index (χ2v) is 12.0. The van der Waals surface area contributed by atoms with Crippen molar-refractivity contribution in [2.75, 3.05) is 19.6 Å². The molecule has 1 unspecified atom stereocenters. The van der Waals surface area contributed by atoms with Crippen molar-refractivity contribution in [1.29, 1.82) is 0 Å². The average Bonchev–Trinajstić information content (AvgIpc) is 3.54. The molecule has 204 valence electrons. The van der Waals surface area contributed by atoms with Crippen LogP contribution < -0.4 is 10.1 Å². The van der Waals surface area contributed by atoms with Crippen molar-refractivity contribution < 1.29 is 14.6 Å². The SMILES string of the molecule is O=C(O)CC1CCN(Cc2cc(Oc3ccc(C4C[C@@H]5C[C@H]4CN5)nc3)nc(-c3cc(Cl)cc(Cl)c3)c2)CC1. The second kappa shape index (κ2) is 11.4. The van der Waals surface area contributed by atoms with Gasteiger partial charge in [-0.15, -0.1) is 0 Å². The maximum Gasteiger partial charge on any atom is 0.303 e. The number of benzene rings is 1. The minimum absolute atomic E-state index is 0.241. The number of likely N-dealkylation sites (tertiary alicyclic amines) is 1. The Labute approximate surface area is 238 Å². The van der Waals surface area contributed by atoms with Crippen molar-refractivity contribution in [3.63, 3.8) is 0 Å². The molecule has 1 aliphatic carbocycles. The van der Waals surface area contributed by atoms with Crippen LogP contribution in [0.1, 0.15) is 49.3 Å². The van der Waals surface area contributed by atoms with E-state index in [4.69, 9.17) is 43.0 Å². The highest BCUT2D eigenvalue weighted by molar-refractivity contribution is 6.35. The number of pyridine rings is 2. The van der Waals surface area contributed by atoms with Gasteiger partial charge in [0.25, 0.3) is 0 Å². The molecule has 2 aromatic heterocycles. The molecule has 1 aromatic carbocycles. The number of aliphatic carboxylic acids is 1. The first-order valence-electron chi connectivity index (χ1n) is 13.7. The zero-order chi connectivity index (χ0) is 26.9.